The van der Waals surface area contributed by atoms with E-state index in [0.717, 1.165) is 12.2 Å². The maximum atomic E-state index is 12.3. The van der Waals surface area contributed by atoms with E-state index in [2.05, 4.69) is 17.1 Å². The van der Waals surface area contributed by atoms with Crippen LogP contribution in [0.1, 0.15) is 20.8 Å². The fourth-order valence-corrected chi connectivity index (χ4v) is 2.48. The molecule has 3 unspecified atom stereocenters. The topological polar surface area (TPSA) is 67.6 Å². The second-order valence-electron chi connectivity index (χ2n) is 5.48. The molecule has 1 aromatic rings. The molecule has 5 heteroatoms. The number of carbonyl (C=O) groups excluding carboxylic acids is 1. The Kier molecular flexibility index (Phi) is 4.62. The van der Waals surface area contributed by atoms with E-state index >= 15 is 0 Å². The van der Waals surface area contributed by atoms with Gasteiger partial charge < -0.3 is 15.8 Å². The molecule has 1 heterocycles. The number of ether oxygens (including phenoxy) is 1. The summed E-state index contributed by atoms with van der Waals surface area (Å²) in [6, 6.07) is 7.27. The molecule has 0 aromatic heterocycles. The van der Waals surface area contributed by atoms with Gasteiger partial charge in [-0.05, 0) is 39.0 Å². The van der Waals surface area contributed by atoms with Crippen molar-refractivity contribution in [3.63, 3.8) is 0 Å². The average Bonchev–Trinajstić information content (AvgIpc) is 2.40. The highest BCUT2D eigenvalue weighted by molar-refractivity contribution is 5.94. The monoisotopic (exact) mass is 277 g/mol. The van der Waals surface area contributed by atoms with Crippen LogP contribution in [0.25, 0.3) is 0 Å². The summed E-state index contributed by atoms with van der Waals surface area (Å²) in [7, 11) is 0. The number of hydrogen-bond acceptors (Lipinski definition) is 4. The molecular formula is C15H23N3O2. The van der Waals surface area contributed by atoms with Gasteiger partial charge in [-0.2, -0.15) is 0 Å². The van der Waals surface area contributed by atoms with Crippen LogP contribution in [0, 0.1) is 0 Å². The summed E-state index contributed by atoms with van der Waals surface area (Å²) in [5.74, 6) is -0.0171. The third-order valence-corrected chi connectivity index (χ3v) is 3.69. The first kappa shape index (κ1) is 14.8. The van der Waals surface area contributed by atoms with Crippen LogP contribution < -0.4 is 11.1 Å². The Hall–Kier alpha value is -1.59. The number of nitrogens with one attached hydrogen (secondary N) is 1. The van der Waals surface area contributed by atoms with E-state index in [0.29, 0.717) is 12.3 Å². The summed E-state index contributed by atoms with van der Waals surface area (Å²) in [6.45, 7) is 7.47. The molecule has 0 spiro atoms. The van der Waals surface area contributed by atoms with Crippen LogP contribution in [0.5, 0.6) is 0 Å². The summed E-state index contributed by atoms with van der Waals surface area (Å²) in [5, 5.41) is 2.91. The fourth-order valence-electron chi connectivity index (χ4n) is 2.48. The van der Waals surface area contributed by atoms with Crippen LogP contribution in [0.2, 0.25) is 0 Å². The highest BCUT2D eigenvalue weighted by Crippen LogP contribution is 2.17. The highest BCUT2D eigenvalue weighted by atomic mass is 16.5. The van der Waals surface area contributed by atoms with Crippen molar-refractivity contribution in [2.45, 2.75) is 39.0 Å². The molecule has 0 bridgehead atoms. The Morgan fingerprint density at radius 1 is 1.50 bits per heavy atom. The first-order chi connectivity index (χ1) is 9.47. The number of amides is 1. The minimum Gasteiger partial charge on any atom is -0.399 e. The predicted octanol–water partition coefficient (Wildman–Crippen LogP) is 1.70. The summed E-state index contributed by atoms with van der Waals surface area (Å²) in [6.07, 6.45) is 0.161. The molecular weight excluding hydrogens is 254 g/mol. The standard InChI is InChI=1S/C15H23N3O2/c1-10-9-20-11(2)8-18(10)12(3)15(19)17-14-6-4-5-13(16)7-14/h4-7,10-12H,8-9,16H2,1-3H3,(H,17,19). The largest absolute Gasteiger partial charge is 0.399 e. The molecule has 1 amide bonds. The van der Waals surface area contributed by atoms with Crippen LogP contribution >= 0.6 is 0 Å². The molecule has 1 saturated heterocycles. The predicted molar refractivity (Wildman–Crippen MR) is 80.5 cm³/mol. The van der Waals surface area contributed by atoms with Gasteiger partial charge in [-0.1, -0.05) is 6.07 Å². The van der Waals surface area contributed by atoms with E-state index in [1.54, 1.807) is 12.1 Å². The van der Waals surface area contributed by atoms with E-state index in [9.17, 15) is 4.79 Å². The maximum Gasteiger partial charge on any atom is 0.241 e. The van der Waals surface area contributed by atoms with E-state index < -0.39 is 0 Å². The quantitative estimate of drug-likeness (QED) is 0.825. The average molecular weight is 277 g/mol. The van der Waals surface area contributed by atoms with Crippen LogP contribution in [0.4, 0.5) is 11.4 Å². The molecule has 5 nitrogen and oxygen atoms in total. The van der Waals surface area contributed by atoms with Crippen LogP contribution in [0.3, 0.4) is 0 Å². The van der Waals surface area contributed by atoms with Crippen molar-refractivity contribution in [3.8, 4) is 0 Å². The summed E-state index contributed by atoms with van der Waals surface area (Å²) >= 11 is 0. The van der Waals surface area contributed by atoms with Crippen LogP contribution in [-0.2, 0) is 9.53 Å². The lowest BCUT2D eigenvalue weighted by molar-refractivity contribution is -0.126. The van der Waals surface area contributed by atoms with Gasteiger partial charge in [0.15, 0.2) is 0 Å². The SMILES string of the molecule is CC1CN(C(C)C(=O)Nc2cccc(N)c2)C(C)CO1. The Bertz CT molecular complexity index is 478. The maximum absolute atomic E-state index is 12.3. The lowest BCUT2D eigenvalue weighted by Crippen LogP contribution is -2.54. The third kappa shape index (κ3) is 3.49. The number of anilines is 2. The van der Waals surface area contributed by atoms with Gasteiger partial charge >= 0.3 is 0 Å². The van der Waals surface area contributed by atoms with Crippen molar-refractivity contribution < 1.29 is 9.53 Å². The van der Waals surface area contributed by atoms with Gasteiger partial charge in [0.2, 0.25) is 5.91 Å². The number of nitrogens with zero attached hydrogens (tertiary/aromatic N) is 1. The van der Waals surface area contributed by atoms with Crippen molar-refractivity contribution in [3.05, 3.63) is 24.3 Å². The first-order valence-electron chi connectivity index (χ1n) is 7.01. The Morgan fingerprint density at radius 3 is 2.95 bits per heavy atom. The van der Waals surface area contributed by atoms with E-state index in [1.807, 2.05) is 26.0 Å². The second kappa shape index (κ2) is 6.24. The summed E-state index contributed by atoms with van der Waals surface area (Å²) in [4.78, 5) is 14.5. The van der Waals surface area contributed by atoms with Gasteiger partial charge in [-0.15, -0.1) is 0 Å². The van der Waals surface area contributed by atoms with Gasteiger partial charge in [0.05, 0.1) is 18.8 Å². The fraction of sp³-hybridized carbons (Fsp3) is 0.533. The smallest absolute Gasteiger partial charge is 0.241 e. The van der Waals surface area contributed by atoms with Crippen molar-refractivity contribution in [1.82, 2.24) is 4.90 Å². The van der Waals surface area contributed by atoms with Gasteiger partial charge in [0.1, 0.15) is 0 Å². The lowest BCUT2D eigenvalue weighted by atomic mass is 10.1. The molecule has 0 saturated carbocycles. The molecule has 0 aliphatic carbocycles. The molecule has 1 aliphatic heterocycles. The van der Waals surface area contributed by atoms with Crippen molar-refractivity contribution in [2.75, 3.05) is 24.2 Å². The number of rotatable bonds is 3. The Morgan fingerprint density at radius 2 is 2.25 bits per heavy atom. The second-order valence-corrected chi connectivity index (χ2v) is 5.48. The zero-order valence-electron chi connectivity index (χ0n) is 12.3. The Labute approximate surface area is 120 Å². The third-order valence-electron chi connectivity index (χ3n) is 3.69. The minimum absolute atomic E-state index is 0.0171. The number of benzene rings is 1. The molecule has 3 atom stereocenters. The zero-order valence-corrected chi connectivity index (χ0v) is 12.3. The molecule has 110 valence electrons. The molecule has 20 heavy (non-hydrogen) atoms. The number of hydrogen-bond donors (Lipinski definition) is 2. The van der Waals surface area contributed by atoms with E-state index in [4.69, 9.17) is 10.5 Å². The molecule has 0 radical (unpaired) electrons. The van der Waals surface area contributed by atoms with Crippen molar-refractivity contribution in [2.24, 2.45) is 0 Å². The molecule has 1 aromatic carbocycles. The normalized spacial score (nSPS) is 25.1. The van der Waals surface area contributed by atoms with Crippen LogP contribution in [-0.4, -0.2) is 42.1 Å². The Balaban J connectivity index is 2.01. The van der Waals surface area contributed by atoms with Gasteiger partial charge in [-0.3, -0.25) is 9.69 Å². The van der Waals surface area contributed by atoms with Gasteiger partial charge in [0, 0.05) is 24.0 Å². The van der Waals surface area contributed by atoms with Crippen LogP contribution in [0.15, 0.2) is 24.3 Å². The van der Waals surface area contributed by atoms with Crippen molar-refractivity contribution in [1.29, 1.82) is 0 Å². The molecule has 3 N–H and O–H groups in total. The molecule has 1 aliphatic rings. The number of morpholine rings is 1. The highest BCUT2D eigenvalue weighted by Gasteiger charge is 2.30. The molecule has 1 fully saturated rings. The van der Waals surface area contributed by atoms with Gasteiger partial charge in [0.25, 0.3) is 0 Å². The van der Waals surface area contributed by atoms with E-state index in [-0.39, 0.29) is 24.1 Å². The van der Waals surface area contributed by atoms with E-state index in [1.165, 1.54) is 0 Å². The number of carbonyl (C=O) groups is 1. The van der Waals surface area contributed by atoms with Gasteiger partial charge in [-0.25, -0.2) is 0 Å². The first-order valence-corrected chi connectivity index (χ1v) is 7.01. The lowest BCUT2D eigenvalue weighted by Gasteiger charge is -2.39. The minimum atomic E-state index is -0.196. The zero-order chi connectivity index (χ0) is 14.7. The summed E-state index contributed by atoms with van der Waals surface area (Å²) < 4.78 is 5.59. The number of nitrogen functional groups attached to an aromatic ring is 1. The van der Waals surface area contributed by atoms with Crippen molar-refractivity contribution >= 4 is 17.3 Å². The summed E-state index contributed by atoms with van der Waals surface area (Å²) in [5.41, 5.74) is 7.09. The number of nitrogens with two attached hydrogens (primary N) is 1. The molecule has 2 rings (SSSR count).